The highest BCUT2D eigenvalue weighted by Gasteiger charge is 2.25. The summed E-state index contributed by atoms with van der Waals surface area (Å²) in [6.07, 6.45) is 1.41. The van der Waals surface area contributed by atoms with E-state index >= 15 is 0 Å². The number of aromatic nitrogens is 1. The molecule has 1 aromatic carbocycles. The maximum absolute atomic E-state index is 11.9. The zero-order valence-corrected chi connectivity index (χ0v) is 10.6. The molecule has 18 heavy (non-hydrogen) atoms. The van der Waals surface area contributed by atoms with Crippen LogP contribution < -0.4 is 11.1 Å². The first-order valence-corrected chi connectivity index (χ1v) is 5.83. The number of hydrogen-bond donors (Lipinski definition) is 2. The molecule has 5 nitrogen and oxygen atoms in total. The molecule has 0 saturated carbocycles. The fourth-order valence-corrected chi connectivity index (χ4v) is 1.52. The Morgan fingerprint density at radius 2 is 2.28 bits per heavy atom. The Morgan fingerprint density at radius 3 is 3.00 bits per heavy atom. The van der Waals surface area contributed by atoms with Crippen LogP contribution in [0.15, 0.2) is 29.0 Å². The lowest BCUT2D eigenvalue weighted by Crippen LogP contribution is -2.41. The van der Waals surface area contributed by atoms with Gasteiger partial charge in [-0.15, -0.1) is 0 Å². The van der Waals surface area contributed by atoms with Crippen molar-refractivity contribution in [1.82, 2.24) is 10.3 Å². The lowest BCUT2D eigenvalue weighted by Gasteiger charge is -2.21. The van der Waals surface area contributed by atoms with E-state index in [1.54, 1.807) is 0 Å². The molecule has 96 valence electrons. The Kier molecular flexibility index (Phi) is 3.34. The van der Waals surface area contributed by atoms with Crippen LogP contribution >= 0.6 is 0 Å². The third-order valence-corrected chi connectivity index (χ3v) is 2.97. The molecule has 0 bridgehead atoms. The lowest BCUT2D eigenvalue weighted by atomic mass is 9.92. The first-order valence-electron chi connectivity index (χ1n) is 5.83. The summed E-state index contributed by atoms with van der Waals surface area (Å²) in [5, 5.41) is 2.87. The number of benzene rings is 1. The molecule has 1 heterocycles. The summed E-state index contributed by atoms with van der Waals surface area (Å²) in [6.45, 7) is 4.42. The smallest absolute Gasteiger partial charge is 0.227 e. The monoisotopic (exact) mass is 247 g/mol. The van der Waals surface area contributed by atoms with Crippen LogP contribution in [0.25, 0.3) is 11.1 Å². The van der Waals surface area contributed by atoms with E-state index in [4.69, 9.17) is 10.2 Å². The van der Waals surface area contributed by atoms with Crippen molar-refractivity contribution in [3.8, 4) is 0 Å². The fourth-order valence-electron chi connectivity index (χ4n) is 1.52. The number of carbonyl (C=O) groups is 1. The molecule has 0 atom stereocenters. The van der Waals surface area contributed by atoms with Gasteiger partial charge in [0.2, 0.25) is 5.91 Å². The third-order valence-electron chi connectivity index (χ3n) is 2.97. The van der Waals surface area contributed by atoms with Gasteiger partial charge >= 0.3 is 0 Å². The minimum Gasteiger partial charge on any atom is -0.443 e. The van der Waals surface area contributed by atoms with E-state index in [0.717, 1.165) is 16.7 Å². The number of nitrogens with two attached hydrogens (primary N) is 1. The number of oxazole rings is 1. The predicted octanol–water partition coefficient (Wildman–Crippen LogP) is 1.43. The van der Waals surface area contributed by atoms with Crippen LogP contribution in [-0.2, 0) is 11.3 Å². The van der Waals surface area contributed by atoms with E-state index < -0.39 is 5.41 Å². The van der Waals surface area contributed by atoms with Gasteiger partial charge in [-0.1, -0.05) is 6.07 Å². The minimum absolute atomic E-state index is 0.0531. The van der Waals surface area contributed by atoms with Crippen molar-refractivity contribution in [3.05, 3.63) is 30.2 Å². The summed E-state index contributed by atoms with van der Waals surface area (Å²) in [4.78, 5) is 15.9. The number of amides is 1. The Labute approximate surface area is 105 Å². The van der Waals surface area contributed by atoms with Crippen molar-refractivity contribution in [1.29, 1.82) is 0 Å². The van der Waals surface area contributed by atoms with Gasteiger partial charge in [-0.2, -0.15) is 0 Å². The fraction of sp³-hybridized carbons (Fsp3) is 0.385. The number of hydrogen-bond acceptors (Lipinski definition) is 4. The van der Waals surface area contributed by atoms with Crippen molar-refractivity contribution in [2.24, 2.45) is 11.1 Å². The average Bonchev–Trinajstić information content (AvgIpc) is 2.83. The van der Waals surface area contributed by atoms with Gasteiger partial charge in [0.15, 0.2) is 12.0 Å². The van der Waals surface area contributed by atoms with Gasteiger partial charge in [0.05, 0.1) is 5.41 Å². The molecule has 2 rings (SSSR count). The molecule has 0 aliphatic heterocycles. The highest BCUT2D eigenvalue weighted by molar-refractivity contribution is 5.82. The van der Waals surface area contributed by atoms with Gasteiger partial charge in [-0.3, -0.25) is 4.79 Å². The maximum Gasteiger partial charge on any atom is 0.227 e. The zero-order valence-electron chi connectivity index (χ0n) is 10.6. The quantitative estimate of drug-likeness (QED) is 0.856. The molecule has 3 N–H and O–H groups in total. The van der Waals surface area contributed by atoms with Crippen LogP contribution in [0.4, 0.5) is 0 Å². The first-order chi connectivity index (χ1) is 8.53. The van der Waals surface area contributed by atoms with E-state index in [1.165, 1.54) is 6.39 Å². The molecular weight excluding hydrogens is 230 g/mol. The molecule has 0 radical (unpaired) electrons. The number of nitrogens with zero attached hydrogens (tertiary/aromatic N) is 1. The van der Waals surface area contributed by atoms with Gasteiger partial charge < -0.3 is 15.5 Å². The molecule has 5 heteroatoms. The molecule has 0 aliphatic carbocycles. The van der Waals surface area contributed by atoms with Gasteiger partial charge in [-0.25, -0.2) is 4.98 Å². The molecular formula is C13H17N3O2. The number of rotatable bonds is 4. The minimum atomic E-state index is -0.545. The van der Waals surface area contributed by atoms with Gasteiger partial charge in [0.1, 0.15) is 5.52 Å². The van der Waals surface area contributed by atoms with E-state index in [0.29, 0.717) is 13.1 Å². The molecule has 0 fully saturated rings. The van der Waals surface area contributed by atoms with E-state index in [1.807, 2.05) is 32.0 Å². The van der Waals surface area contributed by atoms with Crippen LogP contribution in [0.3, 0.4) is 0 Å². The van der Waals surface area contributed by atoms with Crippen LogP contribution in [0.2, 0.25) is 0 Å². The van der Waals surface area contributed by atoms with Crippen LogP contribution in [0, 0.1) is 5.41 Å². The highest BCUT2D eigenvalue weighted by atomic mass is 16.3. The summed E-state index contributed by atoms with van der Waals surface area (Å²) < 4.78 is 5.21. The number of fused-ring (bicyclic) bond motifs is 1. The maximum atomic E-state index is 11.9. The normalized spacial score (nSPS) is 11.7. The van der Waals surface area contributed by atoms with Crippen LogP contribution in [0.1, 0.15) is 19.4 Å². The Balaban J connectivity index is 2.04. The Morgan fingerprint density at radius 1 is 1.50 bits per heavy atom. The largest absolute Gasteiger partial charge is 0.443 e. The SMILES string of the molecule is CC(C)(CN)C(=O)NCc1ccc2ncoc2c1. The van der Waals surface area contributed by atoms with Crippen molar-refractivity contribution >= 4 is 17.0 Å². The summed E-state index contributed by atoms with van der Waals surface area (Å²) in [5.41, 5.74) is 7.51. The second-order valence-corrected chi connectivity index (χ2v) is 4.93. The molecule has 0 spiro atoms. The summed E-state index contributed by atoms with van der Waals surface area (Å²) >= 11 is 0. The second-order valence-electron chi connectivity index (χ2n) is 4.93. The average molecular weight is 247 g/mol. The molecule has 1 aromatic heterocycles. The zero-order chi connectivity index (χ0) is 13.2. The van der Waals surface area contributed by atoms with Crippen molar-refractivity contribution in [2.75, 3.05) is 6.54 Å². The van der Waals surface area contributed by atoms with Crippen LogP contribution in [0.5, 0.6) is 0 Å². The van der Waals surface area contributed by atoms with Gasteiger partial charge in [0, 0.05) is 13.1 Å². The van der Waals surface area contributed by atoms with Gasteiger partial charge in [0.25, 0.3) is 0 Å². The molecule has 2 aromatic rings. The predicted molar refractivity (Wildman–Crippen MR) is 68.7 cm³/mol. The summed E-state index contributed by atoms with van der Waals surface area (Å²) in [6, 6.07) is 5.66. The third kappa shape index (κ3) is 2.51. The van der Waals surface area contributed by atoms with E-state index in [-0.39, 0.29) is 5.91 Å². The van der Waals surface area contributed by atoms with Crippen LogP contribution in [-0.4, -0.2) is 17.4 Å². The summed E-state index contributed by atoms with van der Waals surface area (Å²) in [7, 11) is 0. The summed E-state index contributed by atoms with van der Waals surface area (Å²) in [5.74, 6) is -0.0531. The van der Waals surface area contributed by atoms with Crippen molar-refractivity contribution in [3.63, 3.8) is 0 Å². The highest BCUT2D eigenvalue weighted by Crippen LogP contribution is 2.15. The molecule has 0 unspecified atom stereocenters. The number of nitrogens with one attached hydrogen (secondary N) is 1. The second kappa shape index (κ2) is 4.78. The Hall–Kier alpha value is -1.88. The van der Waals surface area contributed by atoms with E-state index in [9.17, 15) is 4.79 Å². The lowest BCUT2D eigenvalue weighted by molar-refractivity contribution is -0.129. The van der Waals surface area contributed by atoms with Gasteiger partial charge in [-0.05, 0) is 31.5 Å². The van der Waals surface area contributed by atoms with Crippen molar-refractivity contribution in [2.45, 2.75) is 20.4 Å². The standard InChI is InChI=1S/C13H17N3O2/c1-13(2,7-14)12(17)15-6-9-3-4-10-11(5-9)18-8-16-10/h3-5,8H,6-7,14H2,1-2H3,(H,15,17). The first kappa shape index (κ1) is 12.6. The van der Waals surface area contributed by atoms with Crippen molar-refractivity contribution < 1.29 is 9.21 Å². The van der Waals surface area contributed by atoms with E-state index in [2.05, 4.69) is 10.3 Å². The molecule has 0 aliphatic rings. The number of carbonyl (C=O) groups excluding carboxylic acids is 1. The molecule has 1 amide bonds. The molecule has 0 saturated heterocycles. The Bertz CT molecular complexity index is 560. The topological polar surface area (TPSA) is 81.2 Å².